The first-order chi connectivity index (χ1) is 18.3. The van der Waals surface area contributed by atoms with Gasteiger partial charge in [-0.1, -0.05) is 0 Å². The van der Waals surface area contributed by atoms with E-state index in [1.54, 1.807) is 0 Å². The molecule has 3 rings (SSSR count). The van der Waals surface area contributed by atoms with Crippen LogP contribution in [0.5, 0.6) is 0 Å². The lowest BCUT2D eigenvalue weighted by molar-refractivity contribution is -0.708. The highest BCUT2D eigenvalue weighted by atomic mass is 19.1. The summed E-state index contributed by atoms with van der Waals surface area (Å²) in [5.74, 6) is -3.14. The molecule has 0 aromatic carbocycles. The number of halogens is 1. The van der Waals surface area contributed by atoms with Gasteiger partial charge >= 0.3 is 17.6 Å². The Balaban J connectivity index is 1.42. The standard InChI is InChI=1S/C19H27FN8O10/c20-15-11-23(19(32)26(18(15)31)13-37-21-27(33)24-7-1-2-8-24)12-35-16(29)5-6-17(30)36-14-38-22-28(34)25-9-3-4-10-25/h11H,1-10,12-14H2/b27-21+,28-22-. The number of hydrogen-bond donors (Lipinski definition) is 0. The third-order valence-electron chi connectivity index (χ3n) is 5.46. The molecule has 210 valence electrons. The summed E-state index contributed by atoms with van der Waals surface area (Å²) < 4.78 is 24.4. The molecular formula is C19H27FN8O10. The molecule has 2 aliphatic heterocycles. The summed E-state index contributed by atoms with van der Waals surface area (Å²) in [6.07, 6.45) is 2.98. The average Bonchev–Trinajstić information content (AvgIpc) is 3.63. The highest BCUT2D eigenvalue weighted by Gasteiger charge is 2.20. The van der Waals surface area contributed by atoms with Crippen LogP contribution in [0.25, 0.3) is 0 Å². The summed E-state index contributed by atoms with van der Waals surface area (Å²) >= 11 is 0. The van der Waals surface area contributed by atoms with Crippen LogP contribution in [0.3, 0.4) is 0 Å². The molecule has 38 heavy (non-hydrogen) atoms. The van der Waals surface area contributed by atoms with Crippen molar-refractivity contribution in [3.05, 3.63) is 43.3 Å². The van der Waals surface area contributed by atoms with Gasteiger partial charge < -0.3 is 29.6 Å². The van der Waals surface area contributed by atoms with Crippen LogP contribution in [0.2, 0.25) is 0 Å². The largest absolute Gasteiger partial charge is 0.569 e. The second-order valence-electron chi connectivity index (χ2n) is 8.12. The van der Waals surface area contributed by atoms with Crippen molar-refractivity contribution < 1.29 is 43.1 Å². The van der Waals surface area contributed by atoms with E-state index in [-0.39, 0.29) is 9.94 Å². The molecule has 0 unspecified atom stereocenters. The van der Waals surface area contributed by atoms with Gasteiger partial charge in [-0.05, 0) is 25.7 Å². The van der Waals surface area contributed by atoms with Crippen LogP contribution >= 0.6 is 0 Å². The number of aromatic nitrogens is 2. The highest BCUT2D eigenvalue weighted by molar-refractivity contribution is 5.77. The van der Waals surface area contributed by atoms with Crippen LogP contribution < -0.4 is 11.2 Å². The lowest BCUT2D eigenvalue weighted by Crippen LogP contribution is -2.42. The van der Waals surface area contributed by atoms with E-state index >= 15 is 0 Å². The van der Waals surface area contributed by atoms with Gasteiger partial charge in [-0.2, -0.15) is 4.39 Å². The minimum absolute atomic E-state index is 0.177. The van der Waals surface area contributed by atoms with E-state index in [0.717, 1.165) is 25.7 Å². The number of nitrogens with zero attached hydrogens (tertiary/aromatic N) is 8. The average molecular weight is 546 g/mol. The minimum Gasteiger partial charge on any atom is -0.569 e. The van der Waals surface area contributed by atoms with Crippen molar-refractivity contribution in [2.24, 2.45) is 10.6 Å². The summed E-state index contributed by atoms with van der Waals surface area (Å²) in [7, 11) is 0. The summed E-state index contributed by atoms with van der Waals surface area (Å²) in [5.41, 5.74) is -2.43. The van der Waals surface area contributed by atoms with Gasteiger partial charge in [0.2, 0.25) is 23.1 Å². The van der Waals surface area contributed by atoms with Gasteiger partial charge in [0.15, 0.2) is 6.73 Å². The molecule has 1 aromatic heterocycles. The van der Waals surface area contributed by atoms with E-state index in [9.17, 15) is 34.0 Å². The Morgan fingerprint density at radius 1 is 0.868 bits per heavy atom. The zero-order valence-corrected chi connectivity index (χ0v) is 20.3. The van der Waals surface area contributed by atoms with E-state index in [4.69, 9.17) is 9.57 Å². The molecule has 0 saturated carbocycles. The molecule has 0 spiro atoms. The summed E-state index contributed by atoms with van der Waals surface area (Å²) in [4.78, 5) is 57.8. The molecule has 3 heterocycles. The van der Waals surface area contributed by atoms with Gasteiger partial charge in [0, 0.05) is 0 Å². The molecule has 0 amide bonds. The zero-order valence-electron chi connectivity index (χ0n) is 20.3. The SMILES string of the molecule is O=C(CCC(=O)OCn1cc(F)c(=O)n(CO/N=[N+](/[O-])N2CCCC2)c1=O)OCO/N=[N+](\[O-])N1CCCC1. The number of ether oxygens (including phenoxy) is 2. The molecular weight excluding hydrogens is 519 g/mol. The number of esters is 2. The van der Waals surface area contributed by atoms with Gasteiger partial charge in [-0.15, -0.1) is 10.0 Å². The molecule has 0 aliphatic carbocycles. The van der Waals surface area contributed by atoms with Crippen molar-refractivity contribution in [3.63, 3.8) is 0 Å². The van der Waals surface area contributed by atoms with E-state index in [0.29, 0.717) is 41.5 Å². The van der Waals surface area contributed by atoms with Crippen molar-refractivity contribution >= 4 is 11.9 Å². The monoisotopic (exact) mass is 546 g/mol. The van der Waals surface area contributed by atoms with Crippen molar-refractivity contribution in [1.29, 1.82) is 0 Å². The number of rotatable bonds is 13. The van der Waals surface area contributed by atoms with E-state index < -0.39 is 62.1 Å². The van der Waals surface area contributed by atoms with Gasteiger partial charge in [0.05, 0.1) is 55.2 Å². The molecule has 2 aliphatic rings. The molecule has 2 saturated heterocycles. The Morgan fingerprint density at radius 2 is 1.39 bits per heavy atom. The molecule has 0 radical (unpaired) electrons. The number of hydrogen-bond acceptors (Lipinski definition) is 12. The fraction of sp³-hybridized carbons (Fsp3) is 0.684. The minimum atomic E-state index is -1.35. The molecule has 18 nitrogen and oxygen atoms in total. The highest BCUT2D eigenvalue weighted by Crippen LogP contribution is 2.08. The first kappa shape index (κ1) is 28.1. The first-order valence-electron chi connectivity index (χ1n) is 11.7. The summed E-state index contributed by atoms with van der Waals surface area (Å²) in [6.45, 7) is -0.267. The fourth-order valence-electron chi connectivity index (χ4n) is 3.46. The Bertz CT molecular complexity index is 1160. The van der Waals surface area contributed by atoms with Crippen LogP contribution in [0, 0.1) is 16.2 Å². The molecule has 0 bridgehead atoms. The summed E-state index contributed by atoms with van der Waals surface area (Å²) in [5, 5.41) is 32.5. The van der Waals surface area contributed by atoms with Crippen LogP contribution in [0.4, 0.5) is 4.39 Å². The van der Waals surface area contributed by atoms with Gasteiger partial charge in [0.1, 0.15) is 0 Å². The molecule has 19 heteroatoms. The second-order valence-corrected chi connectivity index (χ2v) is 8.12. The number of carbonyl (C=O) groups is 2. The van der Waals surface area contributed by atoms with Crippen molar-refractivity contribution in [2.75, 3.05) is 33.0 Å². The third kappa shape index (κ3) is 8.03. The van der Waals surface area contributed by atoms with Crippen LogP contribution in [-0.2, 0) is 42.2 Å². The predicted octanol–water partition coefficient (Wildman–Crippen LogP) is -0.302. The third-order valence-corrected chi connectivity index (χ3v) is 5.46. The maximum absolute atomic E-state index is 14.0. The zero-order chi connectivity index (χ0) is 27.5. The quantitative estimate of drug-likeness (QED) is 0.0782. The van der Waals surface area contributed by atoms with E-state index in [1.165, 1.54) is 10.0 Å². The number of carbonyl (C=O) groups excluding carboxylic acids is 2. The van der Waals surface area contributed by atoms with Gasteiger partial charge in [-0.25, -0.2) is 9.36 Å². The lowest BCUT2D eigenvalue weighted by atomic mass is 10.3. The summed E-state index contributed by atoms with van der Waals surface area (Å²) in [6, 6.07) is 0. The molecule has 1 aromatic rings. The van der Waals surface area contributed by atoms with Crippen LogP contribution in [-0.4, -0.2) is 74.0 Å². The van der Waals surface area contributed by atoms with E-state index in [1.807, 2.05) is 0 Å². The predicted molar refractivity (Wildman–Crippen MR) is 117 cm³/mol. The fourth-order valence-corrected chi connectivity index (χ4v) is 3.46. The van der Waals surface area contributed by atoms with Gasteiger partial charge in [-0.3, -0.25) is 19.0 Å². The lowest BCUT2D eigenvalue weighted by Gasteiger charge is -2.11. The topological polar surface area (TPSA) is 198 Å². The Hall–Kier alpha value is -4.45. The Morgan fingerprint density at radius 3 is 1.97 bits per heavy atom. The maximum Gasteiger partial charge on any atom is 0.336 e. The van der Waals surface area contributed by atoms with E-state index in [2.05, 4.69) is 20.1 Å². The number of hydrazine groups is 2. The van der Waals surface area contributed by atoms with Crippen molar-refractivity contribution in [3.8, 4) is 0 Å². The Labute approximate surface area is 213 Å². The smallest absolute Gasteiger partial charge is 0.336 e. The Kier molecular flexibility index (Phi) is 10.2. The van der Waals surface area contributed by atoms with Crippen molar-refractivity contribution in [2.45, 2.75) is 52.0 Å². The molecule has 0 N–H and O–H groups in total. The molecule has 2 fully saturated rings. The second kappa shape index (κ2) is 13.7. The van der Waals surface area contributed by atoms with Crippen LogP contribution in [0.1, 0.15) is 38.5 Å². The van der Waals surface area contributed by atoms with Gasteiger partial charge in [0.25, 0.3) is 12.4 Å². The van der Waals surface area contributed by atoms with Crippen LogP contribution in [0.15, 0.2) is 26.3 Å². The molecule has 0 atom stereocenters. The van der Waals surface area contributed by atoms with Crippen molar-refractivity contribution in [1.82, 2.24) is 19.2 Å². The maximum atomic E-state index is 14.0. The normalized spacial score (nSPS) is 16.0. The first-order valence-corrected chi connectivity index (χ1v) is 11.7.